The van der Waals surface area contributed by atoms with E-state index in [9.17, 15) is 0 Å². The second-order valence-corrected chi connectivity index (χ2v) is 5.81. The Labute approximate surface area is 142 Å². The van der Waals surface area contributed by atoms with E-state index in [2.05, 4.69) is 36.4 Å². The fraction of sp³-hybridized carbons (Fsp3) is 0.222. The van der Waals surface area contributed by atoms with Gasteiger partial charge >= 0.3 is 14.2 Å². The largest absolute Gasteiger partial charge is 0.494 e. The molecule has 0 radical (unpaired) electrons. The first-order valence-electron chi connectivity index (χ1n) is 8.23. The third kappa shape index (κ3) is 3.62. The summed E-state index contributed by atoms with van der Waals surface area (Å²) in [5.74, 6) is 0. The first-order chi connectivity index (χ1) is 11.9. The molecule has 0 N–H and O–H groups in total. The van der Waals surface area contributed by atoms with Crippen LogP contribution in [0.5, 0.6) is 0 Å². The van der Waals surface area contributed by atoms with Crippen LogP contribution in [0.3, 0.4) is 0 Å². The summed E-state index contributed by atoms with van der Waals surface area (Å²) < 4.78 is 22.0. The van der Waals surface area contributed by atoms with Crippen LogP contribution in [0.15, 0.2) is 48.5 Å². The van der Waals surface area contributed by atoms with Crippen molar-refractivity contribution in [2.24, 2.45) is 0 Å². The van der Waals surface area contributed by atoms with Crippen LogP contribution in [0, 0.1) is 0 Å². The number of hydrogen-bond acceptors (Lipinski definition) is 4. The summed E-state index contributed by atoms with van der Waals surface area (Å²) in [5, 5.41) is 0. The van der Waals surface area contributed by atoms with Crippen LogP contribution in [-0.4, -0.2) is 40.7 Å². The fourth-order valence-corrected chi connectivity index (χ4v) is 2.82. The topological polar surface area (TPSA) is 36.9 Å². The highest BCUT2D eigenvalue weighted by molar-refractivity contribution is 6.62. The molecule has 0 amide bonds. The van der Waals surface area contributed by atoms with Crippen LogP contribution in [0.2, 0.25) is 0 Å². The number of benzene rings is 2. The van der Waals surface area contributed by atoms with Gasteiger partial charge in [0.1, 0.15) is 0 Å². The maximum absolute atomic E-state index is 5.50. The molecule has 2 aromatic carbocycles. The molecule has 0 aromatic heterocycles. The highest BCUT2D eigenvalue weighted by Gasteiger charge is 2.26. The van der Waals surface area contributed by atoms with Gasteiger partial charge in [0.2, 0.25) is 0 Å². The quantitative estimate of drug-likeness (QED) is 0.629. The normalized spacial score (nSPS) is 18.0. The molecular weight excluding hydrogens is 302 g/mol. The first-order valence-corrected chi connectivity index (χ1v) is 8.23. The van der Waals surface area contributed by atoms with E-state index in [0.29, 0.717) is 26.4 Å². The summed E-state index contributed by atoms with van der Waals surface area (Å²) in [6.45, 7) is 2.66. The zero-order chi connectivity index (χ0) is 16.2. The van der Waals surface area contributed by atoms with Crippen molar-refractivity contribution in [3.8, 4) is 0 Å². The van der Waals surface area contributed by atoms with E-state index >= 15 is 0 Å². The Bertz CT molecular complexity index is 626. The lowest BCUT2D eigenvalue weighted by Crippen LogP contribution is -2.31. The Morgan fingerprint density at radius 2 is 0.875 bits per heavy atom. The van der Waals surface area contributed by atoms with Crippen molar-refractivity contribution < 1.29 is 18.6 Å². The van der Waals surface area contributed by atoms with E-state index in [-0.39, 0.29) is 14.2 Å². The maximum Gasteiger partial charge on any atom is 0.494 e. The molecule has 24 heavy (non-hydrogen) atoms. The van der Waals surface area contributed by atoms with Crippen molar-refractivity contribution in [3.63, 3.8) is 0 Å². The molecule has 2 aliphatic rings. The molecule has 2 saturated heterocycles. The molecule has 0 unspecified atom stereocenters. The van der Waals surface area contributed by atoms with Gasteiger partial charge in [0, 0.05) is 0 Å². The van der Waals surface area contributed by atoms with E-state index < -0.39 is 0 Å². The van der Waals surface area contributed by atoms with Gasteiger partial charge in [-0.05, 0) is 22.1 Å². The van der Waals surface area contributed by atoms with Gasteiger partial charge in [0.15, 0.2) is 0 Å². The summed E-state index contributed by atoms with van der Waals surface area (Å²) in [7, 11) is -0.425. The minimum atomic E-state index is -0.212. The van der Waals surface area contributed by atoms with Crippen LogP contribution < -0.4 is 10.9 Å². The van der Waals surface area contributed by atoms with Gasteiger partial charge in [-0.25, -0.2) is 0 Å². The summed E-state index contributed by atoms with van der Waals surface area (Å²) >= 11 is 0. The molecule has 2 aromatic rings. The molecule has 120 valence electrons. The molecule has 4 nitrogen and oxygen atoms in total. The van der Waals surface area contributed by atoms with Crippen molar-refractivity contribution in [2.75, 3.05) is 26.4 Å². The predicted octanol–water partition coefficient (Wildman–Crippen LogP) is 1.34. The molecule has 2 aliphatic heterocycles. The molecule has 0 atom stereocenters. The Kier molecular flexibility index (Phi) is 4.81. The SMILES string of the molecule is C(=C\c1ccc(B2OCCO2)cc1)/c1ccc(B2OCCO2)cc1. The van der Waals surface area contributed by atoms with Gasteiger partial charge in [-0.2, -0.15) is 0 Å². The molecule has 0 spiro atoms. The first kappa shape index (κ1) is 15.7. The second kappa shape index (κ2) is 7.36. The van der Waals surface area contributed by atoms with Crippen molar-refractivity contribution in [2.45, 2.75) is 0 Å². The minimum Gasteiger partial charge on any atom is -0.405 e. The molecule has 2 fully saturated rings. The van der Waals surface area contributed by atoms with Gasteiger partial charge in [0.05, 0.1) is 26.4 Å². The van der Waals surface area contributed by atoms with E-state index in [1.165, 1.54) is 0 Å². The zero-order valence-corrected chi connectivity index (χ0v) is 13.4. The maximum atomic E-state index is 5.50. The summed E-state index contributed by atoms with van der Waals surface area (Å²) in [5.41, 5.74) is 4.41. The average molecular weight is 320 g/mol. The van der Waals surface area contributed by atoms with Crippen LogP contribution in [-0.2, 0) is 18.6 Å². The molecule has 0 bridgehead atoms. The summed E-state index contributed by atoms with van der Waals surface area (Å²) in [4.78, 5) is 0. The second-order valence-electron chi connectivity index (χ2n) is 5.81. The molecule has 0 aliphatic carbocycles. The third-order valence-corrected chi connectivity index (χ3v) is 4.13. The number of rotatable bonds is 4. The lowest BCUT2D eigenvalue weighted by Gasteiger charge is -2.05. The molecule has 6 heteroatoms. The van der Waals surface area contributed by atoms with Crippen LogP contribution in [0.1, 0.15) is 11.1 Å². The standard InChI is InChI=1S/C18H18B2O4/c1(15-3-7-17(8-4-15)19-21-11-12-22-19)2-16-5-9-18(10-6-16)20-23-13-14-24-20/h1-10H,11-14H2/b2-1+. The van der Waals surface area contributed by atoms with Crippen LogP contribution in [0.4, 0.5) is 0 Å². The van der Waals surface area contributed by atoms with Crippen LogP contribution >= 0.6 is 0 Å². The van der Waals surface area contributed by atoms with E-state index in [1.807, 2.05) is 24.3 Å². The fourth-order valence-electron chi connectivity index (χ4n) is 2.82. The van der Waals surface area contributed by atoms with E-state index in [4.69, 9.17) is 18.6 Å². The van der Waals surface area contributed by atoms with E-state index in [1.54, 1.807) is 0 Å². The molecule has 2 heterocycles. The van der Waals surface area contributed by atoms with Gasteiger partial charge < -0.3 is 18.6 Å². The Balaban J connectivity index is 1.40. The highest BCUT2D eigenvalue weighted by Crippen LogP contribution is 2.09. The lowest BCUT2D eigenvalue weighted by molar-refractivity contribution is 0.365. The Morgan fingerprint density at radius 1 is 0.542 bits per heavy atom. The Hall–Kier alpha value is -1.85. The van der Waals surface area contributed by atoms with Crippen molar-refractivity contribution in [1.29, 1.82) is 0 Å². The summed E-state index contributed by atoms with van der Waals surface area (Å²) in [6, 6.07) is 16.5. The predicted molar refractivity (Wildman–Crippen MR) is 96.4 cm³/mol. The highest BCUT2D eigenvalue weighted by atomic mass is 16.6. The third-order valence-electron chi connectivity index (χ3n) is 4.13. The van der Waals surface area contributed by atoms with Crippen LogP contribution in [0.25, 0.3) is 12.2 Å². The smallest absolute Gasteiger partial charge is 0.405 e. The summed E-state index contributed by atoms with van der Waals surface area (Å²) in [6.07, 6.45) is 4.19. The minimum absolute atomic E-state index is 0.212. The van der Waals surface area contributed by atoms with Gasteiger partial charge in [-0.3, -0.25) is 0 Å². The van der Waals surface area contributed by atoms with Crippen molar-refractivity contribution in [3.05, 3.63) is 59.7 Å². The van der Waals surface area contributed by atoms with Gasteiger partial charge in [-0.15, -0.1) is 0 Å². The molecule has 4 rings (SSSR count). The van der Waals surface area contributed by atoms with Crippen molar-refractivity contribution >= 4 is 37.3 Å². The lowest BCUT2D eigenvalue weighted by atomic mass is 9.79. The average Bonchev–Trinajstić information content (AvgIpc) is 3.34. The molecular formula is C18H18B2O4. The monoisotopic (exact) mass is 320 g/mol. The van der Waals surface area contributed by atoms with E-state index in [0.717, 1.165) is 22.1 Å². The van der Waals surface area contributed by atoms with Gasteiger partial charge in [-0.1, -0.05) is 60.7 Å². The zero-order valence-electron chi connectivity index (χ0n) is 13.4. The van der Waals surface area contributed by atoms with Gasteiger partial charge in [0.25, 0.3) is 0 Å². The number of hydrogen-bond donors (Lipinski definition) is 0. The van der Waals surface area contributed by atoms with Crippen molar-refractivity contribution in [1.82, 2.24) is 0 Å². The Morgan fingerprint density at radius 3 is 1.21 bits per heavy atom. The molecule has 0 saturated carbocycles.